The molecule has 1 aliphatic carbocycles. The number of alkyl halides is 1. The lowest BCUT2D eigenvalue weighted by Gasteiger charge is -2.33. The number of nitrogens with zero attached hydrogens (tertiary/aromatic N) is 3. The van der Waals surface area contributed by atoms with Gasteiger partial charge in [-0.3, -0.25) is 0 Å². The summed E-state index contributed by atoms with van der Waals surface area (Å²) in [6.45, 7) is 4.68. The first-order valence-corrected chi connectivity index (χ1v) is 6.20. The molecule has 0 saturated heterocycles. The van der Waals surface area contributed by atoms with Crippen LogP contribution in [0.15, 0.2) is 6.33 Å². The predicted molar refractivity (Wildman–Crippen MR) is 60.8 cm³/mol. The van der Waals surface area contributed by atoms with E-state index in [1.165, 1.54) is 19.3 Å². The fourth-order valence-corrected chi connectivity index (χ4v) is 2.63. The van der Waals surface area contributed by atoms with Crippen molar-refractivity contribution in [3.8, 4) is 0 Å². The lowest BCUT2D eigenvalue weighted by Crippen LogP contribution is -2.24. The summed E-state index contributed by atoms with van der Waals surface area (Å²) in [5.41, 5.74) is 0. The van der Waals surface area contributed by atoms with E-state index in [0.717, 1.165) is 17.7 Å². The second-order valence-corrected chi connectivity index (χ2v) is 4.98. The maximum atomic E-state index is 5.83. The monoisotopic (exact) mass is 227 g/mol. The van der Waals surface area contributed by atoms with Gasteiger partial charge in [0.2, 0.25) is 0 Å². The fraction of sp³-hybridized carbons (Fsp3) is 0.818. The van der Waals surface area contributed by atoms with Crippen LogP contribution < -0.4 is 0 Å². The zero-order valence-electron chi connectivity index (χ0n) is 9.36. The topological polar surface area (TPSA) is 30.7 Å². The van der Waals surface area contributed by atoms with E-state index in [0.29, 0.717) is 11.9 Å². The van der Waals surface area contributed by atoms with Gasteiger partial charge >= 0.3 is 0 Å². The summed E-state index contributed by atoms with van der Waals surface area (Å²) < 4.78 is 2.16. The zero-order chi connectivity index (χ0) is 10.8. The summed E-state index contributed by atoms with van der Waals surface area (Å²) in [6, 6.07) is 0.556. The van der Waals surface area contributed by atoms with Crippen molar-refractivity contribution in [2.45, 2.75) is 45.0 Å². The van der Waals surface area contributed by atoms with Crippen LogP contribution in [0.3, 0.4) is 0 Å². The van der Waals surface area contributed by atoms with Crippen LogP contribution in [0.1, 0.15) is 45.0 Å². The van der Waals surface area contributed by atoms with Crippen LogP contribution in [0.4, 0.5) is 0 Å². The van der Waals surface area contributed by atoms with Gasteiger partial charge in [0.15, 0.2) is 0 Å². The summed E-state index contributed by atoms with van der Waals surface area (Å²) in [4.78, 5) is 0. The zero-order valence-corrected chi connectivity index (χ0v) is 10.1. The van der Waals surface area contributed by atoms with Crippen LogP contribution in [0, 0.1) is 11.8 Å². The van der Waals surface area contributed by atoms with E-state index >= 15 is 0 Å². The van der Waals surface area contributed by atoms with Crippen molar-refractivity contribution >= 4 is 11.6 Å². The first-order valence-electron chi connectivity index (χ1n) is 5.66. The van der Waals surface area contributed by atoms with Gasteiger partial charge in [-0.05, 0) is 31.1 Å². The third-order valence-corrected chi connectivity index (χ3v) is 3.97. The molecule has 1 aromatic heterocycles. The van der Waals surface area contributed by atoms with Crippen LogP contribution in [0.2, 0.25) is 0 Å². The molecule has 3 nitrogen and oxygen atoms in total. The van der Waals surface area contributed by atoms with Gasteiger partial charge in [-0.15, -0.1) is 21.8 Å². The van der Waals surface area contributed by atoms with Gasteiger partial charge in [0, 0.05) is 6.04 Å². The number of hydrogen-bond donors (Lipinski definition) is 0. The predicted octanol–water partition coefficient (Wildman–Crippen LogP) is 3.01. The minimum absolute atomic E-state index is 0.459. The van der Waals surface area contributed by atoms with Crippen molar-refractivity contribution in [1.29, 1.82) is 0 Å². The largest absolute Gasteiger partial charge is 0.313 e. The Labute approximate surface area is 95.8 Å². The quantitative estimate of drug-likeness (QED) is 0.728. The van der Waals surface area contributed by atoms with Crippen molar-refractivity contribution < 1.29 is 0 Å². The molecule has 0 amide bonds. The number of rotatable bonds is 2. The number of hydrogen-bond acceptors (Lipinski definition) is 2. The maximum Gasteiger partial charge on any atom is 0.148 e. The number of halogens is 1. The van der Waals surface area contributed by atoms with Crippen LogP contribution in [0.5, 0.6) is 0 Å². The summed E-state index contributed by atoms with van der Waals surface area (Å²) in [7, 11) is 0. The molecule has 1 aliphatic rings. The molecule has 15 heavy (non-hydrogen) atoms. The standard InChI is InChI=1S/C11H18ClN3/c1-8-3-4-10(5-9(8)2)15-7-13-14-11(15)6-12/h7-10H,3-6H2,1-2H3. The first kappa shape index (κ1) is 10.9. The highest BCUT2D eigenvalue weighted by Gasteiger charge is 2.26. The SMILES string of the molecule is CC1CCC(n2cnnc2CCl)CC1C. The molecule has 4 heteroatoms. The van der Waals surface area contributed by atoms with Crippen LogP contribution in [-0.2, 0) is 5.88 Å². The van der Waals surface area contributed by atoms with Gasteiger partial charge in [0.25, 0.3) is 0 Å². The molecule has 1 fully saturated rings. The van der Waals surface area contributed by atoms with E-state index in [2.05, 4.69) is 28.6 Å². The Bertz CT molecular complexity index is 323. The van der Waals surface area contributed by atoms with Crippen molar-refractivity contribution in [2.24, 2.45) is 11.8 Å². The van der Waals surface area contributed by atoms with E-state index in [1.807, 2.05) is 6.33 Å². The van der Waals surface area contributed by atoms with E-state index in [1.54, 1.807) is 0 Å². The van der Waals surface area contributed by atoms with E-state index in [4.69, 9.17) is 11.6 Å². The van der Waals surface area contributed by atoms with E-state index in [-0.39, 0.29) is 0 Å². The highest BCUT2D eigenvalue weighted by atomic mass is 35.5. The second kappa shape index (κ2) is 4.52. The Morgan fingerprint density at radius 2 is 2.20 bits per heavy atom. The molecule has 0 bridgehead atoms. The highest BCUT2D eigenvalue weighted by Crippen LogP contribution is 2.36. The molecule has 84 valence electrons. The molecule has 0 radical (unpaired) electrons. The molecule has 1 aromatic rings. The second-order valence-electron chi connectivity index (χ2n) is 4.71. The van der Waals surface area contributed by atoms with Crippen LogP contribution in [0.25, 0.3) is 0 Å². The Kier molecular flexibility index (Phi) is 3.29. The highest BCUT2D eigenvalue weighted by molar-refractivity contribution is 6.16. The van der Waals surface area contributed by atoms with Gasteiger partial charge in [-0.1, -0.05) is 13.8 Å². The molecule has 1 saturated carbocycles. The van der Waals surface area contributed by atoms with Crippen molar-refractivity contribution in [3.05, 3.63) is 12.2 Å². The fourth-order valence-electron chi connectivity index (χ4n) is 2.44. The Hall–Kier alpha value is -0.570. The lowest BCUT2D eigenvalue weighted by atomic mass is 9.79. The normalized spacial score (nSPS) is 31.8. The van der Waals surface area contributed by atoms with Crippen molar-refractivity contribution in [1.82, 2.24) is 14.8 Å². The third kappa shape index (κ3) is 2.17. The number of aromatic nitrogens is 3. The maximum absolute atomic E-state index is 5.83. The van der Waals surface area contributed by atoms with Crippen molar-refractivity contribution in [2.75, 3.05) is 0 Å². The summed E-state index contributed by atoms with van der Waals surface area (Å²) >= 11 is 5.83. The molecular weight excluding hydrogens is 210 g/mol. The van der Waals surface area contributed by atoms with Gasteiger partial charge in [0.1, 0.15) is 12.2 Å². The first-order chi connectivity index (χ1) is 7.22. The Morgan fingerprint density at radius 3 is 2.87 bits per heavy atom. The average Bonchev–Trinajstić information content (AvgIpc) is 2.70. The lowest BCUT2D eigenvalue weighted by molar-refractivity contribution is 0.208. The molecule has 0 aliphatic heterocycles. The van der Waals surface area contributed by atoms with Gasteiger partial charge in [0.05, 0.1) is 5.88 Å². The molecule has 0 N–H and O–H groups in total. The molecule has 3 unspecified atom stereocenters. The average molecular weight is 228 g/mol. The molecule has 1 heterocycles. The molecule has 2 rings (SSSR count). The van der Waals surface area contributed by atoms with Gasteiger partial charge in [-0.2, -0.15) is 0 Å². The molecular formula is C11H18ClN3. The Morgan fingerprint density at radius 1 is 1.40 bits per heavy atom. The summed E-state index contributed by atoms with van der Waals surface area (Å²) in [5, 5.41) is 7.98. The minimum Gasteiger partial charge on any atom is -0.313 e. The minimum atomic E-state index is 0.459. The molecule has 0 spiro atoms. The molecule has 3 atom stereocenters. The van der Waals surface area contributed by atoms with Gasteiger partial charge in [-0.25, -0.2) is 0 Å². The third-order valence-electron chi connectivity index (χ3n) is 3.73. The molecule has 0 aromatic carbocycles. The van der Waals surface area contributed by atoms with Gasteiger partial charge < -0.3 is 4.57 Å². The smallest absolute Gasteiger partial charge is 0.148 e. The van der Waals surface area contributed by atoms with Crippen LogP contribution in [-0.4, -0.2) is 14.8 Å². The van der Waals surface area contributed by atoms with E-state index in [9.17, 15) is 0 Å². The van der Waals surface area contributed by atoms with Crippen molar-refractivity contribution in [3.63, 3.8) is 0 Å². The van der Waals surface area contributed by atoms with E-state index < -0.39 is 0 Å². The van der Waals surface area contributed by atoms with Crippen LogP contribution >= 0.6 is 11.6 Å². The Balaban J connectivity index is 2.11. The summed E-state index contributed by atoms with van der Waals surface area (Å²) in [6.07, 6.45) is 5.58. The summed E-state index contributed by atoms with van der Waals surface area (Å²) in [5.74, 6) is 3.00.